The van der Waals surface area contributed by atoms with Crippen molar-refractivity contribution in [1.82, 2.24) is 4.90 Å². The normalized spacial score (nSPS) is 22.4. The molecule has 1 fully saturated rings. The lowest BCUT2D eigenvalue weighted by Gasteiger charge is -2.40. The molecule has 0 amide bonds. The first-order valence-corrected chi connectivity index (χ1v) is 7.84. The van der Waals surface area contributed by atoms with E-state index in [9.17, 15) is 0 Å². The Morgan fingerprint density at radius 2 is 1.85 bits per heavy atom. The molecule has 1 saturated heterocycles. The highest BCUT2D eigenvalue weighted by atomic mass is 32.1. The molecule has 1 aromatic carbocycles. The summed E-state index contributed by atoms with van der Waals surface area (Å²) in [7, 11) is 0. The van der Waals surface area contributed by atoms with Crippen molar-refractivity contribution < 1.29 is 4.74 Å². The van der Waals surface area contributed by atoms with Gasteiger partial charge in [-0.3, -0.25) is 0 Å². The number of thiocarbonyl (C=S) groups is 1. The third-order valence-corrected chi connectivity index (χ3v) is 4.16. The van der Waals surface area contributed by atoms with Crippen LogP contribution in [0.15, 0.2) is 24.3 Å². The second-order valence-electron chi connectivity index (χ2n) is 5.42. The molecule has 20 heavy (non-hydrogen) atoms. The van der Waals surface area contributed by atoms with Gasteiger partial charge in [-0.05, 0) is 76.5 Å². The average molecular weight is 292 g/mol. The summed E-state index contributed by atoms with van der Waals surface area (Å²) in [5.74, 6) is 0.892. The Labute approximate surface area is 127 Å². The number of rotatable bonds is 3. The number of likely N-dealkylation sites (tertiary alicyclic amines) is 1. The summed E-state index contributed by atoms with van der Waals surface area (Å²) in [6.45, 7) is 7.18. The molecule has 0 aromatic heterocycles. The van der Waals surface area contributed by atoms with Crippen molar-refractivity contribution in [2.45, 2.75) is 52.1 Å². The molecule has 0 unspecified atom stereocenters. The molecule has 4 heteroatoms. The van der Waals surface area contributed by atoms with Gasteiger partial charge in [-0.1, -0.05) is 0 Å². The van der Waals surface area contributed by atoms with Crippen LogP contribution in [0, 0.1) is 0 Å². The highest BCUT2D eigenvalue weighted by Gasteiger charge is 2.26. The monoisotopic (exact) mass is 292 g/mol. The van der Waals surface area contributed by atoms with Crippen molar-refractivity contribution in [3.05, 3.63) is 24.3 Å². The summed E-state index contributed by atoms with van der Waals surface area (Å²) < 4.78 is 5.45. The van der Waals surface area contributed by atoms with E-state index in [2.05, 4.69) is 24.1 Å². The molecular weight excluding hydrogens is 268 g/mol. The van der Waals surface area contributed by atoms with Gasteiger partial charge < -0.3 is 15.0 Å². The fourth-order valence-corrected chi connectivity index (χ4v) is 3.29. The van der Waals surface area contributed by atoms with Crippen molar-refractivity contribution in [2.24, 2.45) is 0 Å². The van der Waals surface area contributed by atoms with E-state index in [0.29, 0.717) is 18.7 Å². The lowest BCUT2D eigenvalue weighted by Crippen LogP contribution is -2.49. The summed E-state index contributed by atoms with van der Waals surface area (Å²) in [4.78, 5) is 2.33. The van der Waals surface area contributed by atoms with Gasteiger partial charge >= 0.3 is 0 Å². The van der Waals surface area contributed by atoms with Crippen LogP contribution >= 0.6 is 12.2 Å². The molecule has 2 rings (SSSR count). The maximum absolute atomic E-state index is 5.58. The summed E-state index contributed by atoms with van der Waals surface area (Å²) in [5.41, 5.74) is 1.02. The van der Waals surface area contributed by atoms with Crippen LogP contribution in [0.25, 0.3) is 0 Å². The van der Waals surface area contributed by atoms with Crippen LogP contribution in [0.1, 0.15) is 40.0 Å². The van der Waals surface area contributed by atoms with E-state index in [-0.39, 0.29) is 0 Å². The van der Waals surface area contributed by atoms with Crippen LogP contribution in [0.2, 0.25) is 0 Å². The molecular formula is C16H24N2OS. The largest absolute Gasteiger partial charge is 0.494 e. The van der Waals surface area contributed by atoms with Gasteiger partial charge in [0.15, 0.2) is 5.11 Å². The molecule has 3 nitrogen and oxygen atoms in total. The van der Waals surface area contributed by atoms with Crippen LogP contribution in [0.5, 0.6) is 5.75 Å². The van der Waals surface area contributed by atoms with Gasteiger partial charge in [0.1, 0.15) is 5.75 Å². The van der Waals surface area contributed by atoms with Gasteiger partial charge in [0.2, 0.25) is 0 Å². The smallest absolute Gasteiger partial charge is 0.173 e. The number of piperidine rings is 1. The third-order valence-electron chi connectivity index (χ3n) is 3.84. The molecule has 0 bridgehead atoms. The standard InChI is InChI=1S/C16H24N2OS/c1-4-19-15-10-8-14(9-11-15)17-16(20)18-12(2)6-5-7-13(18)3/h8-13H,4-7H2,1-3H3,(H,17,20)/t12-,13+. The fourth-order valence-electron chi connectivity index (χ4n) is 2.81. The Morgan fingerprint density at radius 1 is 1.25 bits per heavy atom. The van der Waals surface area contributed by atoms with Crippen LogP contribution in [0.4, 0.5) is 5.69 Å². The number of hydrogen-bond donors (Lipinski definition) is 1. The predicted octanol–water partition coefficient (Wildman–Crippen LogP) is 4.05. The van der Waals surface area contributed by atoms with E-state index in [1.165, 1.54) is 19.3 Å². The maximum Gasteiger partial charge on any atom is 0.173 e. The van der Waals surface area contributed by atoms with Crippen molar-refractivity contribution in [1.29, 1.82) is 0 Å². The minimum absolute atomic E-state index is 0.515. The molecule has 1 aliphatic heterocycles. The van der Waals surface area contributed by atoms with Gasteiger partial charge in [0.25, 0.3) is 0 Å². The topological polar surface area (TPSA) is 24.5 Å². The zero-order chi connectivity index (χ0) is 14.5. The molecule has 1 heterocycles. The molecule has 0 aliphatic carbocycles. The van der Waals surface area contributed by atoms with Crippen molar-refractivity contribution in [3.63, 3.8) is 0 Å². The minimum atomic E-state index is 0.515. The number of nitrogens with one attached hydrogen (secondary N) is 1. The third kappa shape index (κ3) is 3.63. The maximum atomic E-state index is 5.58. The molecule has 0 spiro atoms. The summed E-state index contributed by atoms with van der Waals surface area (Å²) in [6, 6.07) is 8.99. The number of benzene rings is 1. The van der Waals surface area contributed by atoms with Crippen LogP contribution < -0.4 is 10.1 Å². The van der Waals surface area contributed by atoms with Crippen molar-refractivity contribution >= 4 is 23.0 Å². The highest BCUT2D eigenvalue weighted by Crippen LogP contribution is 2.24. The van der Waals surface area contributed by atoms with Gasteiger partial charge in [-0.2, -0.15) is 0 Å². The Hall–Kier alpha value is -1.29. The Balaban J connectivity index is 1.99. The lowest BCUT2D eigenvalue weighted by molar-refractivity contribution is 0.194. The Bertz CT molecular complexity index is 436. The van der Waals surface area contributed by atoms with E-state index < -0.39 is 0 Å². The van der Waals surface area contributed by atoms with E-state index in [1.54, 1.807) is 0 Å². The van der Waals surface area contributed by atoms with E-state index in [0.717, 1.165) is 16.5 Å². The number of anilines is 1. The van der Waals surface area contributed by atoms with Gasteiger partial charge in [0.05, 0.1) is 6.61 Å². The highest BCUT2D eigenvalue weighted by molar-refractivity contribution is 7.80. The first-order valence-electron chi connectivity index (χ1n) is 7.44. The first-order chi connectivity index (χ1) is 9.61. The van der Waals surface area contributed by atoms with Gasteiger partial charge in [-0.25, -0.2) is 0 Å². The predicted molar refractivity (Wildman–Crippen MR) is 88.4 cm³/mol. The second-order valence-corrected chi connectivity index (χ2v) is 5.81. The Morgan fingerprint density at radius 3 is 2.40 bits per heavy atom. The van der Waals surface area contributed by atoms with Crippen molar-refractivity contribution in [2.75, 3.05) is 11.9 Å². The zero-order valence-electron chi connectivity index (χ0n) is 12.6. The fraction of sp³-hybridized carbons (Fsp3) is 0.562. The molecule has 1 aliphatic rings. The zero-order valence-corrected chi connectivity index (χ0v) is 13.4. The Kier molecular flexibility index (Phi) is 5.24. The minimum Gasteiger partial charge on any atom is -0.494 e. The second kappa shape index (κ2) is 6.93. The molecule has 1 N–H and O–H groups in total. The quantitative estimate of drug-likeness (QED) is 0.850. The summed E-state index contributed by atoms with van der Waals surface area (Å²) in [5, 5.41) is 4.17. The molecule has 110 valence electrons. The SMILES string of the molecule is CCOc1ccc(NC(=S)N2[C@H](C)CCC[C@@H]2C)cc1. The molecule has 1 aromatic rings. The first kappa shape index (κ1) is 15.1. The molecule has 0 radical (unpaired) electrons. The van der Waals surface area contributed by atoms with Crippen LogP contribution in [-0.4, -0.2) is 28.7 Å². The number of hydrogen-bond acceptors (Lipinski definition) is 2. The van der Waals surface area contributed by atoms with Gasteiger partial charge in [0, 0.05) is 17.8 Å². The summed E-state index contributed by atoms with van der Waals surface area (Å²) >= 11 is 5.58. The van der Waals surface area contributed by atoms with Gasteiger partial charge in [-0.15, -0.1) is 0 Å². The van der Waals surface area contributed by atoms with E-state index in [1.807, 2.05) is 31.2 Å². The van der Waals surface area contributed by atoms with E-state index >= 15 is 0 Å². The average Bonchev–Trinajstić information content (AvgIpc) is 2.41. The van der Waals surface area contributed by atoms with Crippen LogP contribution in [0.3, 0.4) is 0 Å². The van der Waals surface area contributed by atoms with E-state index in [4.69, 9.17) is 17.0 Å². The number of nitrogens with zero attached hydrogens (tertiary/aromatic N) is 1. The van der Waals surface area contributed by atoms with Crippen molar-refractivity contribution in [3.8, 4) is 5.75 Å². The number of ether oxygens (including phenoxy) is 1. The molecule has 2 atom stereocenters. The molecule has 0 saturated carbocycles. The lowest BCUT2D eigenvalue weighted by atomic mass is 9.98. The van der Waals surface area contributed by atoms with Crippen LogP contribution in [-0.2, 0) is 0 Å². The summed E-state index contributed by atoms with van der Waals surface area (Å²) in [6.07, 6.45) is 3.73.